The Morgan fingerprint density at radius 3 is 2.79 bits per heavy atom. The second-order valence-corrected chi connectivity index (χ2v) is 7.20. The van der Waals surface area contributed by atoms with Gasteiger partial charge in [-0.2, -0.15) is 5.26 Å². The Morgan fingerprint density at radius 2 is 2.14 bits per heavy atom. The minimum Gasteiger partial charge on any atom is -0.442 e. The molecule has 0 saturated carbocycles. The van der Waals surface area contributed by atoms with Gasteiger partial charge in [-0.3, -0.25) is 9.69 Å². The van der Waals surface area contributed by atoms with Crippen LogP contribution in [0.25, 0.3) is 0 Å². The molecule has 28 heavy (non-hydrogen) atoms. The van der Waals surface area contributed by atoms with Gasteiger partial charge in [0.25, 0.3) is 0 Å². The van der Waals surface area contributed by atoms with Gasteiger partial charge in [0, 0.05) is 25.9 Å². The summed E-state index contributed by atoms with van der Waals surface area (Å²) >= 11 is 0. The highest BCUT2D eigenvalue weighted by Gasteiger charge is 2.33. The number of cyclic esters (lactones) is 1. The Balaban J connectivity index is 1.62. The number of carbonyl (C=O) groups excluding carboxylic acids is 2. The lowest BCUT2D eigenvalue weighted by Gasteiger charge is -2.33. The molecule has 0 radical (unpaired) electrons. The van der Waals surface area contributed by atoms with Crippen molar-refractivity contribution in [2.45, 2.75) is 38.7 Å². The number of hydrogen-bond donors (Lipinski definition) is 1. The number of nitriles is 1. The summed E-state index contributed by atoms with van der Waals surface area (Å²) in [5.41, 5.74) is 0.952. The lowest BCUT2D eigenvalue weighted by molar-refractivity contribution is -0.121. The average molecular weight is 388 g/mol. The highest BCUT2D eigenvalue weighted by Crippen LogP contribution is 2.31. The normalized spacial score (nSPS) is 20.0. The Kier molecular flexibility index (Phi) is 6.34. The third-order valence-corrected chi connectivity index (χ3v) is 5.30. The molecule has 3 rings (SSSR count). The first-order chi connectivity index (χ1) is 13.5. The molecule has 2 aliphatic heterocycles. The van der Waals surface area contributed by atoms with Crippen molar-refractivity contribution in [2.75, 3.05) is 36.0 Å². The summed E-state index contributed by atoms with van der Waals surface area (Å²) in [5, 5.41) is 11.5. The molecule has 0 spiro atoms. The van der Waals surface area contributed by atoms with Crippen molar-refractivity contribution < 1.29 is 18.7 Å². The number of ether oxygens (including phenoxy) is 1. The molecule has 7 nitrogen and oxygen atoms in total. The minimum absolute atomic E-state index is 0.108. The summed E-state index contributed by atoms with van der Waals surface area (Å²) in [6.45, 7) is 3.69. The number of nitrogens with zero attached hydrogens (tertiary/aromatic N) is 3. The van der Waals surface area contributed by atoms with E-state index in [0.717, 1.165) is 12.8 Å². The number of amides is 2. The van der Waals surface area contributed by atoms with Gasteiger partial charge in [-0.25, -0.2) is 9.18 Å². The van der Waals surface area contributed by atoms with Crippen LogP contribution in [-0.2, 0) is 9.53 Å². The van der Waals surface area contributed by atoms with Gasteiger partial charge in [0.2, 0.25) is 5.91 Å². The molecule has 1 N–H and O–H groups in total. The fraction of sp³-hybridized carbons (Fsp3) is 0.550. The van der Waals surface area contributed by atoms with E-state index in [-0.39, 0.29) is 24.8 Å². The number of piperidine rings is 1. The highest BCUT2D eigenvalue weighted by molar-refractivity contribution is 5.90. The highest BCUT2D eigenvalue weighted by atomic mass is 19.1. The van der Waals surface area contributed by atoms with Crippen LogP contribution in [0.5, 0.6) is 0 Å². The van der Waals surface area contributed by atoms with E-state index in [1.54, 1.807) is 19.1 Å². The first-order valence-corrected chi connectivity index (χ1v) is 9.68. The number of halogens is 1. The zero-order valence-electron chi connectivity index (χ0n) is 16.0. The standard InChI is InChI=1S/C20H25FN4O3/c1-2-19(26)23-12-16-13-25(20(27)28-16)15-3-4-18(17(21)11-15)24-9-6-14(5-8-22)7-10-24/h3-4,11,14,16H,2,5-7,9-10,12-13H2,1H3,(H,23,26)/t16-/m0/s1. The largest absolute Gasteiger partial charge is 0.442 e. The van der Waals surface area contributed by atoms with Crippen LogP contribution >= 0.6 is 0 Å². The van der Waals surface area contributed by atoms with Crippen LogP contribution in [0.4, 0.5) is 20.6 Å². The Labute approximate surface area is 164 Å². The van der Waals surface area contributed by atoms with Gasteiger partial charge < -0.3 is 15.0 Å². The zero-order valence-corrected chi connectivity index (χ0v) is 16.0. The first kappa shape index (κ1) is 19.9. The van der Waals surface area contributed by atoms with Crippen LogP contribution < -0.4 is 15.1 Å². The van der Waals surface area contributed by atoms with Crippen molar-refractivity contribution in [3.63, 3.8) is 0 Å². The topological polar surface area (TPSA) is 85.7 Å². The summed E-state index contributed by atoms with van der Waals surface area (Å²) in [6, 6.07) is 6.96. The van der Waals surface area contributed by atoms with Gasteiger partial charge in [-0.1, -0.05) is 6.92 Å². The van der Waals surface area contributed by atoms with E-state index in [4.69, 9.17) is 10.00 Å². The third kappa shape index (κ3) is 4.53. The van der Waals surface area contributed by atoms with Gasteiger partial charge in [0.1, 0.15) is 11.9 Å². The van der Waals surface area contributed by atoms with Crippen LogP contribution in [0.15, 0.2) is 18.2 Å². The first-order valence-electron chi connectivity index (χ1n) is 9.68. The summed E-state index contributed by atoms with van der Waals surface area (Å²) in [6.07, 6.45) is 1.67. The summed E-state index contributed by atoms with van der Waals surface area (Å²) in [5.74, 6) is -0.108. The SMILES string of the molecule is CCC(=O)NC[C@H]1CN(c2ccc(N3CCC(CC#N)CC3)c(F)c2)C(=O)O1. The maximum atomic E-state index is 14.7. The Hall–Kier alpha value is -2.82. The molecule has 8 heteroatoms. The molecular formula is C20H25FN4O3. The fourth-order valence-electron chi connectivity index (χ4n) is 3.62. The summed E-state index contributed by atoms with van der Waals surface area (Å²) < 4.78 is 20.0. The Bertz CT molecular complexity index is 771. The molecule has 2 fully saturated rings. The minimum atomic E-state index is -0.541. The van der Waals surface area contributed by atoms with Crippen molar-refractivity contribution in [3.8, 4) is 6.07 Å². The van der Waals surface area contributed by atoms with E-state index < -0.39 is 12.2 Å². The zero-order chi connectivity index (χ0) is 20.1. The molecule has 1 aromatic carbocycles. The van der Waals surface area contributed by atoms with Crippen LogP contribution in [0.1, 0.15) is 32.6 Å². The molecule has 2 amide bonds. The van der Waals surface area contributed by atoms with E-state index in [0.29, 0.717) is 43.2 Å². The maximum absolute atomic E-state index is 14.7. The van der Waals surface area contributed by atoms with Crippen molar-refractivity contribution in [3.05, 3.63) is 24.0 Å². The molecular weight excluding hydrogens is 363 g/mol. The molecule has 0 bridgehead atoms. The van der Waals surface area contributed by atoms with Gasteiger partial charge in [-0.15, -0.1) is 0 Å². The van der Waals surface area contributed by atoms with E-state index in [9.17, 15) is 14.0 Å². The number of anilines is 2. The lowest BCUT2D eigenvalue weighted by Crippen LogP contribution is -2.34. The Morgan fingerprint density at radius 1 is 1.39 bits per heavy atom. The predicted molar refractivity (Wildman–Crippen MR) is 102 cm³/mol. The molecule has 150 valence electrons. The lowest BCUT2D eigenvalue weighted by atomic mass is 9.94. The number of hydrogen-bond acceptors (Lipinski definition) is 5. The van der Waals surface area contributed by atoms with Crippen LogP contribution in [-0.4, -0.2) is 44.3 Å². The number of benzene rings is 1. The van der Waals surface area contributed by atoms with Gasteiger partial charge in [-0.05, 0) is 37.0 Å². The molecule has 1 atom stereocenters. The maximum Gasteiger partial charge on any atom is 0.414 e. The smallest absolute Gasteiger partial charge is 0.414 e. The van der Waals surface area contributed by atoms with Crippen molar-refractivity contribution in [1.29, 1.82) is 5.26 Å². The van der Waals surface area contributed by atoms with Crippen molar-refractivity contribution in [2.24, 2.45) is 5.92 Å². The molecule has 1 aromatic rings. The average Bonchev–Trinajstić information content (AvgIpc) is 3.07. The van der Waals surface area contributed by atoms with Crippen LogP contribution in [0, 0.1) is 23.1 Å². The van der Waals surface area contributed by atoms with Gasteiger partial charge >= 0.3 is 6.09 Å². The second-order valence-electron chi connectivity index (χ2n) is 7.20. The van der Waals surface area contributed by atoms with E-state index in [1.807, 2.05) is 4.90 Å². The molecule has 0 unspecified atom stereocenters. The number of carbonyl (C=O) groups is 2. The predicted octanol–water partition coefficient (Wildman–Crippen LogP) is 2.81. The summed E-state index contributed by atoms with van der Waals surface area (Å²) in [4.78, 5) is 26.9. The van der Waals surface area contributed by atoms with Gasteiger partial charge in [0.05, 0.1) is 30.5 Å². The van der Waals surface area contributed by atoms with Crippen LogP contribution in [0.2, 0.25) is 0 Å². The number of nitrogens with one attached hydrogen (secondary N) is 1. The second kappa shape index (κ2) is 8.91. The van der Waals surface area contributed by atoms with Crippen molar-refractivity contribution >= 4 is 23.4 Å². The monoisotopic (exact) mass is 388 g/mol. The summed E-state index contributed by atoms with van der Waals surface area (Å²) in [7, 11) is 0. The molecule has 2 saturated heterocycles. The van der Waals surface area contributed by atoms with E-state index in [1.165, 1.54) is 11.0 Å². The van der Waals surface area contributed by atoms with E-state index >= 15 is 0 Å². The third-order valence-electron chi connectivity index (χ3n) is 5.30. The van der Waals surface area contributed by atoms with Crippen LogP contribution in [0.3, 0.4) is 0 Å². The van der Waals surface area contributed by atoms with E-state index in [2.05, 4.69) is 11.4 Å². The molecule has 0 aromatic heterocycles. The molecule has 2 aliphatic rings. The van der Waals surface area contributed by atoms with Gasteiger partial charge in [0.15, 0.2) is 0 Å². The number of rotatable bonds is 6. The quantitative estimate of drug-likeness (QED) is 0.810. The fourth-order valence-corrected chi connectivity index (χ4v) is 3.62. The molecule has 2 heterocycles. The molecule has 0 aliphatic carbocycles. The van der Waals surface area contributed by atoms with Crippen molar-refractivity contribution in [1.82, 2.24) is 5.32 Å².